The minimum atomic E-state index is -1.76. The lowest BCUT2D eigenvalue weighted by Crippen LogP contribution is -2.20. The van der Waals surface area contributed by atoms with E-state index in [1.807, 2.05) is 13.0 Å². The predicted octanol–water partition coefficient (Wildman–Crippen LogP) is 1.30. The van der Waals surface area contributed by atoms with Crippen molar-refractivity contribution in [1.82, 2.24) is 0 Å². The average Bonchev–Trinajstić information content (AvgIpc) is 2.18. The molecule has 0 N–H and O–H groups in total. The van der Waals surface area contributed by atoms with E-state index in [9.17, 15) is 9.26 Å². The van der Waals surface area contributed by atoms with Crippen LogP contribution in [0.5, 0.6) is 0 Å². The molecule has 3 nitrogen and oxygen atoms in total. The maximum absolute atomic E-state index is 11.5. The van der Waals surface area contributed by atoms with Crippen molar-refractivity contribution in [3.63, 3.8) is 0 Å². The Morgan fingerprint density at radius 2 is 2.29 bits per heavy atom. The van der Waals surface area contributed by atoms with Gasteiger partial charge in [0.2, 0.25) is 0 Å². The number of hydrogen-bond acceptors (Lipinski definition) is 3. The standard InChI is InChI=1S/C10H14O3Si/c1-2-13-8-14(12)7-9-5-3-4-6-10(9)11/h3-6,9H,2,7-8H2,1H3. The number of carbonyl (C=O) groups excluding carboxylic acids is 1. The van der Waals surface area contributed by atoms with Crippen molar-refractivity contribution in [3.8, 4) is 0 Å². The summed E-state index contributed by atoms with van der Waals surface area (Å²) in [5.74, 6) is -0.158. The molecule has 1 aliphatic carbocycles. The van der Waals surface area contributed by atoms with Crippen molar-refractivity contribution in [2.45, 2.75) is 13.0 Å². The van der Waals surface area contributed by atoms with Gasteiger partial charge in [-0.15, -0.1) is 0 Å². The molecule has 0 aromatic rings. The minimum Gasteiger partial charge on any atom is -0.386 e. The van der Waals surface area contributed by atoms with Crippen molar-refractivity contribution >= 4 is 14.5 Å². The summed E-state index contributed by atoms with van der Waals surface area (Å²) in [6.07, 6.45) is 7.15. The van der Waals surface area contributed by atoms with Crippen LogP contribution in [0, 0.1) is 5.92 Å². The number of rotatable bonds is 5. The Hall–Kier alpha value is -0.873. The maximum Gasteiger partial charge on any atom is 0.304 e. The average molecular weight is 210 g/mol. The van der Waals surface area contributed by atoms with Crippen LogP contribution < -0.4 is 0 Å². The zero-order valence-corrected chi connectivity index (χ0v) is 9.23. The summed E-state index contributed by atoms with van der Waals surface area (Å²) in [7, 11) is -1.76. The lowest BCUT2D eigenvalue weighted by atomic mass is 10.0. The lowest BCUT2D eigenvalue weighted by molar-refractivity contribution is -0.116. The van der Waals surface area contributed by atoms with E-state index in [0.717, 1.165) is 0 Å². The molecule has 14 heavy (non-hydrogen) atoms. The quantitative estimate of drug-likeness (QED) is 0.642. The van der Waals surface area contributed by atoms with E-state index in [1.54, 1.807) is 12.2 Å². The van der Waals surface area contributed by atoms with Crippen LogP contribution in [0.25, 0.3) is 0 Å². The number of ketones is 1. The van der Waals surface area contributed by atoms with Crippen LogP contribution in [0.15, 0.2) is 24.3 Å². The van der Waals surface area contributed by atoms with Gasteiger partial charge in [0.25, 0.3) is 0 Å². The molecular weight excluding hydrogens is 196 g/mol. The third-order valence-corrected chi connectivity index (χ3v) is 3.42. The minimum absolute atomic E-state index is 0.0438. The van der Waals surface area contributed by atoms with Gasteiger partial charge < -0.3 is 9.20 Å². The highest BCUT2D eigenvalue weighted by atomic mass is 28.3. The summed E-state index contributed by atoms with van der Waals surface area (Å²) in [6, 6.07) is 0.435. The number of ether oxygens (including phenoxy) is 1. The molecule has 0 spiro atoms. The summed E-state index contributed by atoms with van der Waals surface area (Å²) in [5, 5.41) is 0. The predicted molar refractivity (Wildman–Crippen MR) is 54.5 cm³/mol. The monoisotopic (exact) mass is 210 g/mol. The Labute approximate surface area is 85.1 Å². The van der Waals surface area contributed by atoms with Gasteiger partial charge in [0.05, 0.1) is 6.23 Å². The first-order valence-electron chi connectivity index (χ1n) is 4.72. The molecule has 0 aromatic carbocycles. The summed E-state index contributed by atoms with van der Waals surface area (Å²) in [4.78, 5) is 11.3. The Kier molecular flexibility index (Phi) is 4.62. The van der Waals surface area contributed by atoms with Crippen LogP contribution >= 0.6 is 0 Å². The van der Waals surface area contributed by atoms with E-state index in [0.29, 0.717) is 18.9 Å². The highest BCUT2D eigenvalue weighted by Gasteiger charge is 2.19. The van der Waals surface area contributed by atoms with E-state index in [4.69, 9.17) is 4.74 Å². The first-order valence-corrected chi connectivity index (χ1v) is 6.54. The smallest absolute Gasteiger partial charge is 0.304 e. The SMILES string of the molecule is CCOC[Si](=O)CC1C=CC=CC1=O. The van der Waals surface area contributed by atoms with E-state index in [-0.39, 0.29) is 11.7 Å². The molecule has 0 saturated carbocycles. The lowest BCUT2D eigenvalue weighted by Gasteiger charge is -2.09. The van der Waals surface area contributed by atoms with Crippen LogP contribution in [0.3, 0.4) is 0 Å². The Balaban J connectivity index is 2.36. The second-order valence-electron chi connectivity index (χ2n) is 3.13. The molecule has 0 bridgehead atoms. The fraction of sp³-hybridized carbons (Fsp3) is 0.500. The molecule has 0 aromatic heterocycles. The highest BCUT2D eigenvalue weighted by Crippen LogP contribution is 2.13. The fourth-order valence-corrected chi connectivity index (χ4v) is 2.63. The highest BCUT2D eigenvalue weighted by molar-refractivity contribution is 6.43. The van der Waals surface area contributed by atoms with Crippen LogP contribution in [-0.2, 0) is 14.0 Å². The Bertz CT molecular complexity index is 281. The molecule has 76 valence electrons. The van der Waals surface area contributed by atoms with E-state index < -0.39 is 8.68 Å². The molecule has 1 aliphatic rings. The van der Waals surface area contributed by atoms with Crippen LogP contribution in [0.4, 0.5) is 0 Å². The molecule has 4 heteroatoms. The largest absolute Gasteiger partial charge is 0.386 e. The number of hydrogen-bond donors (Lipinski definition) is 0. The van der Waals surface area contributed by atoms with Crippen LogP contribution in [0.1, 0.15) is 6.92 Å². The normalized spacial score (nSPS) is 20.1. The number of allylic oxidation sites excluding steroid dienone is 4. The third-order valence-electron chi connectivity index (χ3n) is 2.00. The molecule has 1 rings (SSSR count). The topological polar surface area (TPSA) is 43.4 Å². The fourth-order valence-electron chi connectivity index (χ4n) is 1.26. The zero-order valence-electron chi connectivity index (χ0n) is 8.23. The van der Waals surface area contributed by atoms with Crippen molar-refractivity contribution in [3.05, 3.63) is 24.3 Å². The van der Waals surface area contributed by atoms with E-state index >= 15 is 0 Å². The Morgan fingerprint density at radius 1 is 1.50 bits per heavy atom. The number of carbonyl (C=O) groups is 1. The summed E-state index contributed by atoms with van der Waals surface area (Å²) in [6.45, 7) is 2.44. The van der Waals surface area contributed by atoms with Gasteiger partial charge in [0.1, 0.15) is 0 Å². The molecule has 0 heterocycles. The summed E-state index contributed by atoms with van der Waals surface area (Å²) < 4.78 is 16.5. The van der Waals surface area contributed by atoms with Gasteiger partial charge >= 0.3 is 8.68 Å². The second kappa shape index (κ2) is 5.77. The molecule has 0 fully saturated rings. The maximum atomic E-state index is 11.5. The van der Waals surface area contributed by atoms with E-state index in [2.05, 4.69) is 0 Å². The third kappa shape index (κ3) is 3.47. The molecule has 1 unspecified atom stereocenters. The van der Waals surface area contributed by atoms with Crippen LogP contribution in [0.2, 0.25) is 6.04 Å². The molecule has 0 saturated heterocycles. The van der Waals surface area contributed by atoms with Gasteiger partial charge in [-0.3, -0.25) is 4.79 Å². The van der Waals surface area contributed by atoms with Gasteiger partial charge in [-0.1, -0.05) is 18.2 Å². The zero-order chi connectivity index (χ0) is 10.4. The van der Waals surface area contributed by atoms with Gasteiger partial charge in [0, 0.05) is 18.6 Å². The van der Waals surface area contributed by atoms with Crippen molar-refractivity contribution in [2.75, 3.05) is 12.8 Å². The van der Waals surface area contributed by atoms with Gasteiger partial charge in [-0.2, -0.15) is 0 Å². The second-order valence-corrected chi connectivity index (χ2v) is 4.91. The summed E-state index contributed by atoms with van der Waals surface area (Å²) in [5.41, 5.74) is 0. The van der Waals surface area contributed by atoms with Crippen molar-refractivity contribution in [2.24, 2.45) is 5.92 Å². The van der Waals surface area contributed by atoms with Gasteiger partial charge in [0.15, 0.2) is 5.78 Å². The molecule has 0 aliphatic heterocycles. The molecule has 0 amide bonds. The van der Waals surface area contributed by atoms with Crippen molar-refractivity contribution in [1.29, 1.82) is 0 Å². The molecule has 0 radical (unpaired) electrons. The van der Waals surface area contributed by atoms with Gasteiger partial charge in [-0.05, 0) is 13.0 Å². The molecule has 1 atom stereocenters. The van der Waals surface area contributed by atoms with Gasteiger partial charge in [-0.25, -0.2) is 0 Å². The molecular formula is C10H14O3Si. The summed E-state index contributed by atoms with van der Waals surface area (Å²) >= 11 is 0. The van der Waals surface area contributed by atoms with Crippen molar-refractivity contribution < 1.29 is 14.0 Å². The van der Waals surface area contributed by atoms with E-state index in [1.165, 1.54) is 6.08 Å². The Morgan fingerprint density at radius 3 is 2.93 bits per heavy atom. The first-order chi connectivity index (χ1) is 6.74. The first kappa shape index (κ1) is 11.2. The van der Waals surface area contributed by atoms with Crippen LogP contribution in [-0.4, -0.2) is 27.3 Å².